The number of ether oxygens (including phenoxy) is 2. The van der Waals surface area contributed by atoms with Crippen molar-refractivity contribution in [3.05, 3.63) is 53.9 Å². The summed E-state index contributed by atoms with van der Waals surface area (Å²) in [5.41, 5.74) is 0.467. The van der Waals surface area contributed by atoms with Crippen LogP contribution in [-0.4, -0.2) is 66.6 Å². The van der Waals surface area contributed by atoms with E-state index in [1.807, 2.05) is 11.0 Å². The van der Waals surface area contributed by atoms with Gasteiger partial charge in [-0.1, -0.05) is 12.1 Å². The Bertz CT molecular complexity index is 946. The number of hydrogen-bond acceptors (Lipinski definition) is 8. The Morgan fingerprint density at radius 3 is 2.40 bits per heavy atom. The van der Waals surface area contributed by atoms with E-state index in [4.69, 9.17) is 9.47 Å². The van der Waals surface area contributed by atoms with Crippen molar-refractivity contribution >= 4 is 23.9 Å². The molecule has 0 N–H and O–H groups in total. The zero-order valence-corrected chi connectivity index (χ0v) is 16.5. The third kappa shape index (κ3) is 5.32. The van der Waals surface area contributed by atoms with Gasteiger partial charge in [-0.25, -0.2) is 14.8 Å². The van der Waals surface area contributed by atoms with Gasteiger partial charge in [0.05, 0.1) is 7.11 Å². The normalized spacial score (nSPS) is 14.1. The molecule has 30 heavy (non-hydrogen) atoms. The summed E-state index contributed by atoms with van der Waals surface area (Å²) in [6, 6.07) is 10.4. The molecule has 9 heteroatoms. The minimum absolute atomic E-state index is 0.181. The molecule has 0 radical (unpaired) electrons. The maximum atomic E-state index is 12.4. The molecule has 1 saturated heterocycles. The van der Waals surface area contributed by atoms with E-state index in [0.717, 1.165) is 0 Å². The number of piperazine rings is 1. The molecule has 0 unspecified atom stereocenters. The third-order valence-electron chi connectivity index (χ3n) is 4.56. The average molecular weight is 407 g/mol. The second-order valence-corrected chi connectivity index (χ2v) is 6.44. The van der Waals surface area contributed by atoms with E-state index >= 15 is 0 Å². The fourth-order valence-corrected chi connectivity index (χ4v) is 2.91. The molecule has 2 heterocycles. The van der Waals surface area contributed by atoms with Crippen LogP contribution in [0.1, 0.15) is 5.56 Å². The number of benzene rings is 1. The second kappa shape index (κ2) is 10.0. The molecule has 9 nitrogen and oxygen atoms in total. The molecule has 0 atom stereocenters. The van der Waals surface area contributed by atoms with E-state index in [0.29, 0.717) is 43.4 Å². The Morgan fingerprint density at radius 1 is 1.13 bits per heavy atom. The quantitative estimate of drug-likeness (QED) is 0.400. The van der Waals surface area contributed by atoms with E-state index in [9.17, 15) is 14.9 Å². The first-order chi connectivity index (χ1) is 14.6. The first-order valence-electron chi connectivity index (χ1n) is 9.33. The maximum absolute atomic E-state index is 12.4. The molecule has 154 valence electrons. The van der Waals surface area contributed by atoms with Gasteiger partial charge < -0.3 is 19.3 Å². The molecule has 2 aromatic rings. The topological polar surface area (TPSA) is 109 Å². The van der Waals surface area contributed by atoms with Crippen LogP contribution in [0, 0.1) is 11.3 Å². The van der Waals surface area contributed by atoms with Crippen molar-refractivity contribution in [2.24, 2.45) is 0 Å². The summed E-state index contributed by atoms with van der Waals surface area (Å²) in [7, 11) is 1.55. The van der Waals surface area contributed by atoms with Crippen molar-refractivity contribution in [1.82, 2.24) is 14.9 Å². The van der Waals surface area contributed by atoms with Gasteiger partial charge in [0, 0.05) is 38.6 Å². The van der Waals surface area contributed by atoms with Crippen LogP contribution in [0.2, 0.25) is 0 Å². The lowest BCUT2D eigenvalue weighted by molar-refractivity contribution is -0.148. The zero-order valence-electron chi connectivity index (χ0n) is 16.5. The SMILES string of the molecule is COc1ccc(/C=C(\C#N)C(=O)OCC(=O)N2CCN(c3ncccn3)CC2)cc1. The number of hydrogen-bond donors (Lipinski definition) is 0. The van der Waals surface area contributed by atoms with Crippen molar-refractivity contribution < 1.29 is 19.1 Å². The number of rotatable bonds is 6. The Labute approximate surface area is 174 Å². The van der Waals surface area contributed by atoms with Crippen molar-refractivity contribution in [2.75, 3.05) is 44.8 Å². The Balaban J connectivity index is 1.50. The molecule has 1 amide bonds. The molecule has 0 aliphatic carbocycles. The summed E-state index contributed by atoms with van der Waals surface area (Å²) in [6.07, 6.45) is 4.75. The molecule has 1 fully saturated rings. The lowest BCUT2D eigenvalue weighted by atomic mass is 10.1. The number of nitriles is 1. The lowest BCUT2D eigenvalue weighted by Crippen LogP contribution is -2.50. The van der Waals surface area contributed by atoms with E-state index in [1.165, 1.54) is 6.08 Å². The minimum Gasteiger partial charge on any atom is -0.497 e. The standard InChI is InChI=1S/C21H21N5O4/c1-29-18-5-3-16(4-6-18)13-17(14-22)20(28)30-15-19(27)25-9-11-26(12-10-25)21-23-7-2-8-24-21/h2-8,13H,9-12,15H2,1H3/b17-13+. The predicted molar refractivity (Wildman–Crippen MR) is 108 cm³/mol. The number of anilines is 1. The largest absolute Gasteiger partial charge is 0.497 e. The number of carbonyl (C=O) groups is 2. The molecule has 1 aliphatic heterocycles. The number of carbonyl (C=O) groups excluding carboxylic acids is 2. The van der Waals surface area contributed by atoms with Crippen LogP contribution in [0.4, 0.5) is 5.95 Å². The highest BCUT2D eigenvalue weighted by Gasteiger charge is 2.23. The van der Waals surface area contributed by atoms with Gasteiger partial charge in [0.25, 0.3) is 5.91 Å². The van der Waals surface area contributed by atoms with Crippen LogP contribution in [0.5, 0.6) is 5.75 Å². The molecular weight excluding hydrogens is 386 g/mol. The predicted octanol–water partition coefficient (Wildman–Crippen LogP) is 1.28. The molecule has 1 aromatic heterocycles. The highest BCUT2D eigenvalue weighted by atomic mass is 16.5. The van der Waals surface area contributed by atoms with Crippen LogP contribution < -0.4 is 9.64 Å². The Hall–Kier alpha value is -3.93. The third-order valence-corrected chi connectivity index (χ3v) is 4.56. The van der Waals surface area contributed by atoms with Crippen LogP contribution >= 0.6 is 0 Å². The fraction of sp³-hybridized carbons (Fsp3) is 0.286. The minimum atomic E-state index is -0.835. The molecule has 0 bridgehead atoms. The van der Waals surface area contributed by atoms with Gasteiger partial charge in [0.1, 0.15) is 17.4 Å². The molecule has 0 spiro atoms. The van der Waals surface area contributed by atoms with E-state index in [2.05, 4.69) is 9.97 Å². The number of nitrogens with zero attached hydrogens (tertiary/aromatic N) is 5. The molecular formula is C21H21N5O4. The first-order valence-corrected chi connectivity index (χ1v) is 9.33. The van der Waals surface area contributed by atoms with Crippen LogP contribution in [0.15, 0.2) is 48.3 Å². The number of amides is 1. The van der Waals surface area contributed by atoms with Gasteiger partial charge >= 0.3 is 5.97 Å². The van der Waals surface area contributed by atoms with Gasteiger partial charge in [-0.15, -0.1) is 0 Å². The van der Waals surface area contributed by atoms with Crippen molar-refractivity contribution in [3.8, 4) is 11.8 Å². The zero-order chi connectivity index (χ0) is 21.3. The molecule has 1 aliphatic rings. The Morgan fingerprint density at radius 2 is 1.80 bits per heavy atom. The summed E-state index contributed by atoms with van der Waals surface area (Å²) < 4.78 is 10.1. The number of esters is 1. The number of methoxy groups -OCH3 is 1. The van der Waals surface area contributed by atoms with Crippen molar-refractivity contribution in [3.63, 3.8) is 0 Å². The van der Waals surface area contributed by atoms with Gasteiger partial charge in [-0.05, 0) is 29.8 Å². The van der Waals surface area contributed by atoms with Gasteiger partial charge in [-0.3, -0.25) is 4.79 Å². The van der Waals surface area contributed by atoms with E-state index < -0.39 is 12.6 Å². The fourth-order valence-electron chi connectivity index (χ4n) is 2.91. The summed E-state index contributed by atoms with van der Waals surface area (Å²) in [5, 5.41) is 9.25. The first kappa shape index (κ1) is 20.8. The van der Waals surface area contributed by atoms with Crippen LogP contribution in [0.25, 0.3) is 6.08 Å². The number of aromatic nitrogens is 2. The molecule has 0 saturated carbocycles. The lowest BCUT2D eigenvalue weighted by Gasteiger charge is -2.34. The van der Waals surface area contributed by atoms with Crippen molar-refractivity contribution in [2.45, 2.75) is 0 Å². The summed E-state index contributed by atoms with van der Waals surface area (Å²) in [4.78, 5) is 36.6. The van der Waals surface area contributed by atoms with E-state index in [1.54, 1.807) is 54.7 Å². The van der Waals surface area contributed by atoms with Gasteiger partial charge in [0.15, 0.2) is 6.61 Å². The summed E-state index contributed by atoms with van der Waals surface area (Å²) >= 11 is 0. The highest BCUT2D eigenvalue weighted by molar-refractivity contribution is 5.98. The Kier molecular flexibility index (Phi) is 6.95. The van der Waals surface area contributed by atoms with Crippen molar-refractivity contribution in [1.29, 1.82) is 5.26 Å². The average Bonchev–Trinajstić information content (AvgIpc) is 2.81. The molecule has 3 rings (SSSR count). The molecule has 1 aromatic carbocycles. The smallest absolute Gasteiger partial charge is 0.349 e. The van der Waals surface area contributed by atoms with Gasteiger partial charge in [0.2, 0.25) is 5.95 Å². The summed E-state index contributed by atoms with van der Waals surface area (Å²) in [5.74, 6) is 0.146. The second-order valence-electron chi connectivity index (χ2n) is 6.44. The summed E-state index contributed by atoms with van der Waals surface area (Å²) in [6.45, 7) is 1.71. The van der Waals surface area contributed by atoms with Gasteiger partial charge in [-0.2, -0.15) is 5.26 Å². The van der Waals surface area contributed by atoms with E-state index in [-0.39, 0.29) is 11.5 Å². The van der Waals surface area contributed by atoms with Crippen LogP contribution in [0.3, 0.4) is 0 Å². The van der Waals surface area contributed by atoms with Crippen LogP contribution in [-0.2, 0) is 14.3 Å². The highest BCUT2D eigenvalue weighted by Crippen LogP contribution is 2.15. The maximum Gasteiger partial charge on any atom is 0.349 e. The monoisotopic (exact) mass is 407 g/mol.